The van der Waals surface area contributed by atoms with Crippen LogP contribution in [0.2, 0.25) is 0 Å². The van der Waals surface area contributed by atoms with Crippen LogP contribution in [-0.4, -0.2) is 26.7 Å². The zero-order valence-corrected chi connectivity index (χ0v) is 11.5. The SMILES string of the molecule is Cc1cc(O)c([N+](=O)[O-])c2c1C(O)=C1C(=O)CCC=C1C2=O. The monoisotopic (exact) mass is 301 g/mol. The molecule has 2 N–H and O–H groups in total. The lowest BCUT2D eigenvalue weighted by Crippen LogP contribution is -2.24. The van der Waals surface area contributed by atoms with Crippen LogP contribution in [0.5, 0.6) is 5.75 Å². The van der Waals surface area contributed by atoms with E-state index in [1.54, 1.807) is 0 Å². The van der Waals surface area contributed by atoms with Gasteiger partial charge in [0.2, 0.25) is 5.78 Å². The van der Waals surface area contributed by atoms with Crippen LogP contribution in [0.4, 0.5) is 5.69 Å². The molecule has 1 aromatic rings. The minimum atomic E-state index is -0.866. The van der Waals surface area contributed by atoms with Crippen molar-refractivity contribution >= 4 is 23.0 Å². The van der Waals surface area contributed by atoms with E-state index in [9.17, 15) is 29.9 Å². The highest BCUT2D eigenvalue weighted by molar-refractivity contribution is 6.27. The van der Waals surface area contributed by atoms with E-state index in [4.69, 9.17) is 0 Å². The lowest BCUT2D eigenvalue weighted by molar-refractivity contribution is -0.386. The number of aryl methyl sites for hydroxylation is 1. The molecule has 0 radical (unpaired) electrons. The summed E-state index contributed by atoms with van der Waals surface area (Å²) in [6, 6.07) is 1.10. The summed E-state index contributed by atoms with van der Waals surface area (Å²) in [5, 5.41) is 31.4. The second-order valence-electron chi connectivity index (χ2n) is 5.20. The van der Waals surface area contributed by atoms with E-state index >= 15 is 0 Å². The summed E-state index contributed by atoms with van der Waals surface area (Å²) in [7, 11) is 0. The molecule has 0 heterocycles. The number of phenols is 1. The highest BCUT2D eigenvalue weighted by Crippen LogP contribution is 2.45. The number of fused-ring (bicyclic) bond motifs is 2. The molecule has 0 amide bonds. The van der Waals surface area contributed by atoms with Crippen molar-refractivity contribution in [1.82, 2.24) is 0 Å². The smallest absolute Gasteiger partial charge is 0.322 e. The van der Waals surface area contributed by atoms with Crippen molar-refractivity contribution in [2.45, 2.75) is 19.8 Å². The van der Waals surface area contributed by atoms with Crippen molar-refractivity contribution < 1.29 is 24.7 Å². The Morgan fingerprint density at radius 2 is 1.91 bits per heavy atom. The van der Waals surface area contributed by atoms with Gasteiger partial charge in [-0.25, -0.2) is 0 Å². The molecule has 2 aliphatic carbocycles. The second-order valence-corrected chi connectivity index (χ2v) is 5.20. The van der Waals surface area contributed by atoms with Crippen molar-refractivity contribution in [1.29, 1.82) is 0 Å². The topological polar surface area (TPSA) is 118 Å². The maximum Gasteiger partial charge on any atom is 0.322 e. The number of ketones is 2. The molecule has 0 unspecified atom stereocenters. The number of rotatable bonds is 1. The van der Waals surface area contributed by atoms with E-state index < -0.39 is 27.9 Å². The standard InChI is InChI=1S/C15H11NO6/c1-6-5-9(18)13(16(21)22)12-10(6)15(20)11-7(14(12)19)3-2-4-8(11)17/h3,5,18,20H,2,4H2,1H3. The van der Waals surface area contributed by atoms with Crippen molar-refractivity contribution in [3.05, 3.63) is 50.1 Å². The molecule has 0 aromatic heterocycles. The van der Waals surface area contributed by atoms with Crippen molar-refractivity contribution in [2.75, 3.05) is 0 Å². The normalized spacial score (nSPS) is 17.0. The Morgan fingerprint density at radius 1 is 1.23 bits per heavy atom. The van der Waals surface area contributed by atoms with Gasteiger partial charge in [0.05, 0.1) is 10.5 Å². The molecule has 7 nitrogen and oxygen atoms in total. The number of aromatic hydroxyl groups is 1. The Kier molecular flexibility index (Phi) is 2.88. The van der Waals surface area contributed by atoms with Crippen LogP contribution >= 0.6 is 0 Å². The number of phenolic OH excluding ortho intramolecular Hbond substituents is 1. The second kappa shape index (κ2) is 4.52. The molecule has 0 bridgehead atoms. The molecule has 1 aromatic carbocycles. The minimum Gasteiger partial charge on any atom is -0.506 e. The fourth-order valence-electron chi connectivity index (χ4n) is 2.95. The van der Waals surface area contributed by atoms with Gasteiger partial charge in [-0.1, -0.05) is 6.08 Å². The van der Waals surface area contributed by atoms with Crippen LogP contribution in [0.3, 0.4) is 0 Å². The fourth-order valence-corrected chi connectivity index (χ4v) is 2.95. The van der Waals surface area contributed by atoms with Crippen molar-refractivity contribution in [3.63, 3.8) is 0 Å². The molecule has 0 saturated carbocycles. The van der Waals surface area contributed by atoms with Crippen molar-refractivity contribution in [2.24, 2.45) is 0 Å². The number of hydrogen-bond donors (Lipinski definition) is 2. The number of aliphatic hydroxyl groups excluding tert-OH is 1. The average Bonchev–Trinajstić information content (AvgIpc) is 2.43. The van der Waals surface area contributed by atoms with Gasteiger partial charge in [-0.3, -0.25) is 19.7 Å². The molecular formula is C15H11NO6. The maximum atomic E-state index is 12.6. The van der Waals surface area contributed by atoms with Crippen LogP contribution in [0.25, 0.3) is 5.76 Å². The first-order valence-electron chi connectivity index (χ1n) is 6.57. The largest absolute Gasteiger partial charge is 0.506 e. The number of allylic oxidation sites excluding steroid dienone is 3. The third-order valence-corrected chi connectivity index (χ3v) is 3.87. The average molecular weight is 301 g/mol. The lowest BCUT2D eigenvalue weighted by Gasteiger charge is -2.24. The number of Topliss-reactive ketones (excluding diaryl/α,β-unsaturated/α-hetero) is 2. The minimum absolute atomic E-state index is 0.0330. The molecule has 112 valence electrons. The lowest BCUT2D eigenvalue weighted by atomic mass is 9.77. The molecule has 0 aliphatic heterocycles. The van der Waals surface area contributed by atoms with Gasteiger partial charge < -0.3 is 10.2 Å². The molecule has 0 atom stereocenters. The predicted molar refractivity (Wildman–Crippen MR) is 75.7 cm³/mol. The Balaban J connectivity index is 2.48. The number of nitro groups is 1. The van der Waals surface area contributed by atoms with E-state index in [1.165, 1.54) is 13.0 Å². The van der Waals surface area contributed by atoms with E-state index in [1.807, 2.05) is 0 Å². The first-order valence-corrected chi connectivity index (χ1v) is 6.57. The molecule has 0 fully saturated rings. The number of carbonyl (C=O) groups excluding carboxylic acids is 2. The van der Waals surface area contributed by atoms with Gasteiger partial charge in [0.25, 0.3) is 0 Å². The number of hydrogen-bond acceptors (Lipinski definition) is 6. The summed E-state index contributed by atoms with van der Waals surface area (Å²) < 4.78 is 0. The summed E-state index contributed by atoms with van der Waals surface area (Å²) in [5.41, 5.74) is -1.02. The van der Waals surface area contributed by atoms with Crippen LogP contribution < -0.4 is 0 Å². The van der Waals surface area contributed by atoms with Gasteiger partial charge in [0, 0.05) is 17.6 Å². The summed E-state index contributed by atoms with van der Waals surface area (Å²) in [6.07, 6.45) is 1.99. The van der Waals surface area contributed by atoms with Crippen molar-refractivity contribution in [3.8, 4) is 5.75 Å². The highest BCUT2D eigenvalue weighted by atomic mass is 16.6. The van der Waals surface area contributed by atoms with Gasteiger partial charge in [0.1, 0.15) is 11.3 Å². The fraction of sp³-hybridized carbons (Fsp3) is 0.200. The maximum absolute atomic E-state index is 12.6. The van der Waals surface area contributed by atoms with Crippen LogP contribution in [0, 0.1) is 17.0 Å². The molecule has 7 heteroatoms. The van der Waals surface area contributed by atoms with Gasteiger partial charge in [-0.05, 0) is 25.0 Å². The predicted octanol–water partition coefficient (Wildman–Crippen LogP) is 2.36. The first-order chi connectivity index (χ1) is 10.3. The molecular weight excluding hydrogens is 290 g/mol. The third-order valence-electron chi connectivity index (χ3n) is 3.87. The Bertz CT molecular complexity index is 831. The zero-order chi connectivity index (χ0) is 16.2. The molecule has 22 heavy (non-hydrogen) atoms. The molecule has 3 rings (SSSR count). The number of aliphatic hydroxyl groups is 1. The molecule has 2 aliphatic rings. The Morgan fingerprint density at radius 3 is 2.55 bits per heavy atom. The number of carbonyl (C=O) groups is 2. The number of nitrogens with zero attached hydrogens (tertiary/aromatic N) is 1. The Labute approximate surface area is 124 Å². The first kappa shape index (κ1) is 14.0. The quantitative estimate of drug-likeness (QED) is 0.607. The van der Waals surface area contributed by atoms with Gasteiger partial charge >= 0.3 is 5.69 Å². The summed E-state index contributed by atoms with van der Waals surface area (Å²) >= 11 is 0. The van der Waals surface area contributed by atoms with Gasteiger partial charge in [0.15, 0.2) is 11.5 Å². The highest BCUT2D eigenvalue weighted by Gasteiger charge is 2.41. The zero-order valence-electron chi connectivity index (χ0n) is 11.5. The van der Waals surface area contributed by atoms with Crippen LogP contribution in [0.1, 0.15) is 34.3 Å². The molecule has 0 spiro atoms. The Hall–Kier alpha value is -2.96. The van der Waals surface area contributed by atoms with Gasteiger partial charge in [-0.15, -0.1) is 0 Å². The summed E-state index contributed by atoms with van der Waals surface area (Å²) in [6.45, 7) is 1.49. The van der Waals surface area contributed by atoms with Crippen LogP contribution in [-0.2, 0) is 4.79 Å². The van der Waals surface area contributed by atoms with Gasteiger partial charge in [-0.2, -0.15) is 0 Å². The van der Waals surface area contributed by atoms with E-state index in [0.717, 1.165) is 6.07 Å². The van der Waals surface area contributed by atoms with E-state index in [0.29, 0.717) is 6.42 Å². The summed E-state index contributed by atoms with van der Waals surface area (Å²) in [4.78, 5) is 34.9. The molecule has 0 saturated heterocycles. The number of nitro benzene ring substituents is 1. The summed E-state index contributed by atoms with van der Waals surface area (Å²) in [5.74, 6) is -2.18. The number of benzene rings is 1. The van der Waals surface area contributed by atoms with E-state index in [2.05, 4.69) is 0 Å². The van der Waals surface area contributed by atoms with E-state index in [-0.39, 0.29) is 40.0 Å². The van der Waals surface area contributed by atoms with Crippen LogP contribution in [0.15, 0.2) is 23.3 Å². The third kappa shape index (κ3) is 1.68.